The summed E-state index contributed by atoms with van der Waals surface area (Å²) >= 11 is 0. The van der Waals surface area contributed by atoms with E-state index in [9.17, 15) is 4.79 Å². The van der Waals surface area contributed by atoms with E-state index in [-0.39, 0.29) is 12.0 Å². The first kappa shape index (κ1) is 14.0. The molecular formula is C12H20N4O3. The normalized spacial score (nSPS) is 22.6. The van der Waals surface area contributed by atoms with Crippen LogP contribution in [0.15, 0.2) is 12.3 Å². The molecule has 0 unspecified atom stereocenters. The number of hydrogen-bond donors (Lipinski definition) is 2. The van der Waals surface area contributed by atoms with Crippen LogP contribution in [0.2, 0.25) is 0 Å². The number of nitrogens with two attached hydrogens (primary N) is 1. The lowest BCUT2D eigenvalue weighted by molar-refractivity contribution is -0.126. The Labute approximate surface area is 112 Å². The fraction of sp³-hybridized carbons (Fsp3) is 0.667. The molecule has 1 saturated heterocycles. The maximum Gasteiger partial charge on any atom is 0.254 e. The van der Waals surface area contributed by atoms with Crippen molar-refractivity contribution < 1.29 is 14.3 Å². The van der Waals surface area contributed by atoms with Gasteiger partial charge in [-0.25, -0.2) is 0 Å². The number of amides is 1. The smallest absolute Gasteiger partial charge is 0.254 e. The maximum atomic E-state index is 11.9. The Morgan fingerprint density at radius 1 is 1.68 bits per heavy atom. The second-order valence-corrected chi connectivity index (χ2v) is 4.51. The summed E-state index contributed by atoms with van der Waals surface area (Å²) in [4.78, 5) is 11.9. The number of nitrogens with zero attached hydrogens (tertiary/aromatic N) is 2. The van der Waals surface area contributed by atoms with Crippen molar-refractivity contribution >= 4 is 11.7 Å². The zero-order valence-electron chi connectivity index (χ0n) is 11.0. The minimum Gasteiger partial charge on any atom is -0.383 e. The largest absolute Gasteiger partial charge is 0.383 e. The van der Waals surface area contributed by atoms with Gasteiger partial charge in [0, 0.05) is 25.9 Å². The van der Waals surface area contributed by atoms with Gasteiger partial charge in [-0.05, 0) is 12.8 Å². The first-order valence-electron chi connectivity index (χ1n) is 6.41. The van der Waals surface area contributed by atoms with Crippen LogP contribution in [0.4, 0.5) is 5.82 Å². The molecule has 2 heterocycles. The van der Waals surface area contributed by atoms with E-state index in [2.05, 4.69) is 10.4 Å². The van der Waals surface area contributed by atoms with Crippen LogP contribution in [0.3, 0.4) is 0 Å². The summed E-state index contributed by atoms with van der Waals surface area (Å²) in [6.45, 7) is 1.69. The highest BCUT2D eigenvalue weighted by Gasteiger charge is 2.30. The highest BCUT2D eigenvalue weighted by Crippen LogP contribution is 2.20. The molecule has 1 aliphatic rings. The Morgan fingerprint density at radius 2 is 2.53 bits per heavy atom. The van der Waals surface area contributed by atoms with E-state index in [4.69, 9.17) is 15.2 Å². The summed E-state index contributed by atoms with van der Waals surface area (Å²) in [5, 5.41) is 6.97. The molecule has 19 heavy (non-hydrogen) atoms. The van der Waals surface area contributed by atoms with E-state index in [1.165, 1.54) is 0 Å². The van der Waals surface area contributed by atoms with Crippen LogP contribution in [0, 0.1) is 0 Å². The number of carbonyl (C=O) groups excluding carboxylic acids is 1. The molecule has 0 bridgehead atoms. The van der Waals surface area contributed by atoms with Gasteiger partial charge in [0.05, 0.1) is 19.3 Å². The minimum absolute atomic E-state index is 0.00462. The Bertz CT molecular complexity index is 421. The summed E-state index contributed by atoms with van der Waals surface area (Å²) < 4.78 is 12.2. The molecule has 2 rings (SSSR count). The van der Waals surface area contributed by atoms with Crippen LogP contribution in [0.5, 0.6) is 0 Å². The number of carbonyl (C=O) groups is 1. The lowest BCUT2D eigenvalue weighted by Crippen LogP contribution is -2.30. The van der Waals surface area contributed by atoms with E-state index in [0.717, 1.165) is 6.42 Å². The maximum absolute atomic E-state index is 11.9. The highest BCUT2D eigenvalue weighted by molar-refractivity contribution is 5.93. The van der Waals surface area contributed by atoms with Gasteiger partial charge in [-0.1, -0.05) is 0 Å². The predicted molar refractivity (Wildman–Crippen MR) is 69.7 cm³/mol. The second kappa shape index (κ2) is 6.65. The minimum atomic E-state index is -0.419. The molecule has 1 aromatic heterocycles. The molecule has 1 fully saturated rings. The molecule has 106 valence electrons. The van der Waals surface area contributed by atoms with Crippen LogP contribution < -0.4 is 11.1 Å². The van der Waals surface area contributed by atoms with Crippen molar-refractivity contribution in [3.63, 3.8) is 0 Å². The molecule has 1 amide bonds. The molecule has 7 nitrogen and oxygen atoms in total. The van der Waals surface area contributed by atoms with Gasteiger partial charge in [0.1, 0.15) is 6.10 Å². The van der Waals surface area contributed by atoms with E-state index in [1.54, 1.807) is 24.1 Å². The average molecular weight is 268 g/mol. The van der Waals surface area contributed by atoms with Gasteiger partial charge >= 0.3 is 0 Å². The summed E-state index contributed by atoms with van der Waals surface area (Å²) in [5.74, 6) is 0.369. The number of hydrogen-bond acceptors (Lipinski definition) is 5. The van der Waals surface area contributed by atoms with Gasteiger partial charge in [0.15, 0.2) is 5.82 Å². The van der Waals surface area contributed by atoms with Crippen molar-refractivity contribution in [2.24, 2.45) is 5.73 Å². The van der Waals surface area contributed by atoms with Crippen molar-refractivity contribution in [2.75, 3.05) is 25.6 Å². The predicted octanol–water partition coefficient (Wildman–Crippen LogP) is -0.0257. The molecule has 0 aromatic carbocycles. The SMILES string of the molecule is COCCn1ccc(NC(=O)[C@@H]2CC[C@H](CN)O2)n1. The van der Waals surface area contributed by atoms with E-state index < -0.39 is 6.10 Å². The lowest BCUT2D eigenvalue weighted by Gasteiger charge is -2.11. The monoisotopic (exact) mass is 268 g/mol. The van der Waals surface area contributed by atoms with Gasteiger partial charge in [0.25, 0.3) is 5.91 Å². The van der Waals surface area contributed by atoms with Gasteiger partial charge in [-0.15, -0.1) is 0 Å². The third-order valence-electron chi connectivity index (χ3n) is 3.08. The summed E-state index contributed by atoms with van der Waals surface area (Å²) in [6.07, 6.45) is 2.91. The van der Waals surface area contributed by atoms with Crippen molar-refractivity contribution in [1.29, 1.82) is 0 Å². The zero-order valence-corrected chi connectivity index (χ0v) is 11.0. The summed E-state index contributed by atoms with van der Waals surface area (Å²) in [7, 11) is 1.64. The first-order valence-corrected chi connectivity index (χ1v) is 6.41. The molecule has 0 saturated carbocycles. The van der Waals surface area contributed by atoms with Crippen molar-refractivity contribution in [3.8, 4) is 0 Å². The van der Waals surface area contributed by atoms with E-state index in [1.807, 2.05) is 0 Å². The summed E-state index contributed by atoms with van der Waals surface area (Å²) in [6, 6.07) is 1.75. The molecule has 1 aromatic rings. The summed E-state index contributed by atoms with van der Waals surface area (Å²) in [5.41, 5.74) is 5.51. The molecule has 0 spiro atoms. The fourth-order valence-electron chi connectivity index (χ4n) is 2.02. The van der Waals surface area contributed by atoms with Crippen LogP contribution in [0.1, 0.15) is 12.8 Å². The van der Waals surface area contributed by atoms with E-state index in [0.29, 0.717) is 31.9 Å². The first-order chi connectivity index (χ1) is 9.22. The van der Waals surface area contributed by atoms with Crippen LogP contribution >= 0.6 is 0 Å². The molecule has 2 atom stereocenters. The zero-order chi connectivity index (χ0) is 13.7. The number of ether oxygens (including phenoxy) is 2. The van der Waals surface area contributed by atoms with E-state index >= 15 is 0 Å². The molecule has 0 radical (unpaired) electrons. The highest BCUT2D eigenvalue weighted by atomic mass is 16.5. The third kappa shape index (κ3) is 3.76. The standard InChI is InChI=1S/C12H20N4O3/c1-18-7-6-16-5-4-11(15-16)14-12(17)10-3-2-9(8-13)19-10/h4-5,9-10H,2-3,6-8,13H2,1H3,(H,14,15,17)/t9-,10+/m1/s1. The van der Waals surface area contributed by atoms with Crippen LogP contribution in [-0.4, -0.2) is 48.2 Å². The second-order valence-electron chi connectivity index (χ2n) is 4.51. The number of nitrogens with one attached hydrogen (secondary N) is 1. The Hall–Kier alpha value is -1.44. The van der Waals surface area contributed by atoms with Gasteiger partial charge in [0.2, 0.25) is 0 Å². The Balaban J connectivity index is 1.83. The quantitative estimate of drug-likeness (QED) is 0.756. The molecule has 1 aliphatic heterocycles. The van der Waals surface area contributed by atoms with Gasteiger partial charge < -0.3 is 20.5 Å². The van der Waals surface area contributed by atoms with Crippen molar-refractivity contribution in [3.05, 3.63) is 12.3 Å². The Morgan fingerprint density at radius 3 is 3.21 bits per heavy atom. The number of rotatable bonds is 6. The number of aromatic nitrogens is 2. The van der Waals surface area contributed by atoms with Crippen molar-refractivity contribution in [2.45, 2.75) is 31.6 Å². The average Bonchev–Trinajstić information content (AvgIpc) is 3.05. The van der Waals surface area contributed by atoms with Crippen LogP contribution in [-0.2, 0) is 20.8 Å². The van der Waals surface area contributed by atoms with Crippen molar-refractivity contribution in [1.82, 2.24) is 9.78 Å². The van der Waals surface area contributed by atoms with Gasteiger partial charge in [-0.2, -0.15) is 5.10 Å². The molecule has 7 heteroatoms. The van der Waals surface area contributed by atoms with Crippen LogP contribution in [0.25, 0.3) is 0 Å². The number of methoxy groups -OCH3 is 1. The number of anilines is 1. The third-order valence-corrected chi connectivity index (χ3v) is 3.08. The fourth-order valence-corrected chi connectivity index (χ4v) is 2.02. The molecular weight excluding hydrogens is 248 g/mol. The molecule has 0 aliphatic carbocycles. The molecule has 3 N–H and O–H groups in total. The topological polar surface area (TPSA) is 91.4 Å². The lowest BCUT2D eigenvalue weighted by atomic mass is 10.2. The van der Waals surface area contributed by atoms with Gasteiger partial charge in [-0.3, -0.25) is 9.48 Å². The Kier molecular flexibility index (Phi) is 4.89.